The van der Waals surface area contributed by atoms with Crippen LogP contribution in [-0.2, 0) is 0 Å². The van der Waals surface area contributed by atoms with Crippen molar-refractivity contribution in [3.8, 4) is 5.75 Å². The number of rotatable bonds is 6. The number of ether oxygens (including phenoxy) is 1. The summed E-state index contributed by atoms with van der Waals surface area (Å²) in [6.45, 7) is 5.96. The lowest BCUT2D eigenvalue weighted by molar-refractivity contribution is 0.263. The zero-order chi connectivity index (χ0) is 23.0. The molecule has 0 saturated carbocycles. The zero-order valence-corrected chi connectivity index (χ0v) is 19.6. The SMILES string of the molecule is COc1cc2[nH]c(=O)c([C@H](C)Nc3ncnc(N4C(=O)SCC4C(C)C)n3)cc2cc1Cl. The van der Waals surface area contributed by atoms with Gasteiger partial charge in [-0.25, -0.2) is 9.97 Å². The first kappa shape index (κ1) is 22.3. The Labute approximate surface area is 194 Å². The number of fused-ring (bicyclic) bond motifs is 1. The summed E-state index contributed by atoms with van der Waals surface area (Å²) in [6.07, 6.45) is 1.36. The van der Waals surface area contributed by atoms with Crippen LogP contribution in [0.25, 0.3) is 10.9 Å². The molecule has 1 saturated heterocycles. The van der Waals surface area contributed by atoms with Gasteiger partial charge in [0.25, 0.3) is 10.8 Å². The number of aromatic nitrogens is 4. The third kappa shape index (κ3) is 4.24. The summed E-state index contributed by atoms with van der Waals surface area (Å²) in [6, 6.07) is 4.81. The maximum atomic E-state index is 12.7. The van der Waals surface area contributed by atoms with Crippen LogP contribution in [0.4, 0.5) is 16.7 Å². The van der Waals surface area contributed by atoms with Gasteiger partial charge < -0.3 is 15.0 Å². The number of carbonyl (C=O) groups excluding carboxylic acids is 1. The molecule has 32 heavy (non-hydrogen) atoms. The van der Waals surface area contributed by atoms with Crippen LogP contribution in [0, 0.1) is 5.92 Å². The van der Waals surface area contributed by atoms with E-state index in [1.54, 1.807) is 23.1 Å². The fourth-order valence-corrected chi connectivity index (χ4v) is 5.06. The number of halogens is 1. The molecular formula is C21H23ClN6O3S. The van der Waals surface area contributed by atoms with Gasteiger partial charge in [-0.2, -0.15) is 4.98 Å². The van der Waals surface area contributed by atoms with Crippen LogP contribution in [-0.4, -0.2) is 44.1 Å². The summed E-state index contributed by atoms with van der Waals surface area (Å²) in [4.78, 5) is 42.4. The topological polar surface area (TPSA) is 113 Å². The second-order valence-electron chi connectivity index (χ2n) is 7.86. The zero-order valence-electron chi connectivity index (χ0n) is 18.0. The van der Waals surface area contributed by atoms with Crippen molar-refractivity contribution >= 4 is 51.4 Å². The number of hydrogen-bond acceptors (Lipinski definition) is 8. The highest BCUT2D eigenvalue weighted by molar-refractivity contribution is 8.14. The minimum absolute atomic E-state index is 0.0187. The number of benzene rings is 1. The molecule has 11 heteroatoms. The fraction of sp³-hybridized carbons (Fsp3) is 0.381. The van der Waals surface area contributed by atoms with E-state index in [0.717, 1.165) is 5.39 Å². The molecule has 0 bridgehead atoms. The van der Waals surface area contributed by atoms with E-state index < -0.39 is 6.04 Å². The summed E-state index contributed by atoms with van der Waals surface area (Å²) >= 11 is 7.50. The first-order chi connectivity index (χ1) is 15.3. The van der Waals surface area contributed by atoms with Crippen LogP contribution in [0.5, 0.6) is 5.75 Å². The molecule has 1 aliphatic rings. The standard InChI is InChI=1S/C21H23ClN6O3S/c1-10(2)16-8-32-21(30)28(16)20-24-9-23-19(27-20)25-11(3)13-5-12-6-14(22)17(31-4)7-15(12)26-18(13)29/h5-7,9-11,16H,8H2,1-4H3,(H,26,29)(H,23,24,25,27)/t11-,16?/m0/s1. The van der Waals surface area contributed by atoms with Gasteiger partial charge in [-0.3, -0.25) is 14.5 Å². The number of amides is 1. The van der Waals surface area contributed by atoms with E-state index in [1.165, 1.54) is 25.2 Å². The molecule has 1 unspecified atom stereocenters. The number of nitrogens with one attached hydrogen (secondary N) is 2. The third-order valence-electron chi connectivity index (χ3n) is 5.41. The van der Waals surface area contributed by atoms with Crippen molar-refractivity contribution in [2.75, 3.05) is 23.1 Å². The molecule has 2 N–H and O–H groups in total. The summed E-state index contributed by atoms with van der Waals surface area (Å²) in [7, 11) is 1.52. The van der Waals surface area contributed by atoms with E-state index in [-0.39, 0.29) is 28.7 Å². The second-order valence-corrected chi connectivity index (χ2v) is 9.24. The average molecular weight is 475 g/mol. The number of carbonyl (C=O) groups is 1. The van der Waals surface area contributed by atoms with Crippen molar-refractivity contribution in [3.63, 3.8) is 0 Å². The van der Waals surface area contributed by atoms with Crippen LogP contribution < -0.4 is 20.5 Å². The van der Waals surface area contributed by atoms with E-state index in [4.69, 9.17) is 16.3 Å². The predicted octanol–water partition coefficient (Wildman–Crippen LogP) is 4.25. The Morgan fingerprint density at radius 1 is 1.25 bits per heavy atom. The van der Waals surface area contributed by atoms with Gasteiger partial charge in [0.15, 0.2) is 0 Å². The normalized spacial score (nSPS) is 17.2. The van der Waals surface area contributed by atoms with E-state index in [9.17, 15) is 9.59 Å². The molecule has 1 aromatic carbocycles. The summed E-state index contributed by atoms with van der Waals surface area (Å²) in [5.41, 5.74) is 0.870. The molecule has 2 atom stereocenters. The van der Waals surface area contributed by atoms with E-state index in [0.29, 0.717) is 33.6 Å². The van der Waals surface area contributed by atoms with Crippen LogP contribution in [0.1, 0.15) is 32.4 Å². The quantitative estimate of drug-likeness (QED) is 0.545. The number of thioether (sulfide) groups is 1. The largest absolute Gasteiger partial charge is 0.495 e. The first-order valence-electron chi connectivity index (χ1n) is 10.1. The third-order valence-corrected chi connectivity index (χ3v) is 6.65. The van der Waals surface area contributed by atoms with E-state index in [2.05, 4.69) is 39.1 Å². The number of aromatic amines is 1. The van der Waals surface area contributed by atoms with Crippen molar-refractivity contribution in [1.82, 2.24) is 19.9 Å². The summed E-state index contributed by atoms with van der Waals surface area (Å²) in [5, 5.41) is 4.29. The summed E-state index contributed by atoms with van der Waals surface area (Å²) < 4.78 is 5.21. The van der Waals surface area contributed by atoms with Gasteiger partial charge in [0.2, 0.25) is 11.9 Å². The molecule has 3 heterocycles. The Kier molecular flexibility index (Phi) is 6.25. The second kappa shape index (κ2) is 8.95. The number of H-pyrrole nitrogens is 1. The van der Waals surface area contributed by atoms with Crippen molar-refractivity contribution < 1.29 is 9.53 Å². The Balaban J connectivity index is 1.62. The van der Waals surface area contributed by atoms with Gasteiger partial charge in [-0.15, -0.1) is 0 Å². The number of methoxy groups -OCH3 is 1. The molecule has 168 valence electrons. The highest BCUT2D eigenvalue weighted by Crippen LogP contribution is 2.32. The van der Waals surface area contributed by atoms with E-state index in [1.807, 2.05) is 6.92 Å². The van der Waals surface area contributed by atoms with Crippen LogP contribution in [0.2, 0.25) is 5.02 Å². The number of anilines is 2. The highest BCUT2D eigenvalue weighted by Gasteiger charge is 2.36. The predicted molar refractivity (Wildman–Crippen MR) is 127 cm³/mol. The average Bonchev–Trinajstić information content (AvgIpc) is 3.15. The van der Waals surface area contributed by atoms with Crippen molar-refractivity contribution in [3.05, 3.63) is 45.5 Å². The van der Waals surface area contributed by atoms with Gasteiger partial charge >= 0.3 is 0 Å². The molecule has 9 nitrogen and oxygen atoms in total. The Morgan fingerprint density at radius 2 is 2.03 bits per heavy atom. The molecule has 2 aromatic heterocycles. The maximum absolute atomic E-state index is 12.7. The number of nitrogens with zero attached hydrogens (tertiary/aromatic N) is 4. The Hall–Kier alpha value is -2.85. The lowest BCUT2D eigenvalue weighted by atomic mass is 10.1. The molecule has 1 aliphatic heterocycles. The molecule has 1 fully saturated rings. The highest BCUT2D eigenvalue weighted by atomic mass is 35.5. The first-order valence-corrected chi connectivity index (χ1v) is 11.5. The van der Waals surface area contributed by atoms with Crippen molar-refractivity contribution in [2.45, 2.75) is 32.9 Å². The number of hydrogen-bond donors (Lipinski definition) is 2. The molecule has 1 amide bonds. The van der Waals surface area contributed by atoms with Gasteiger partial charge in [0, 0.05) is 22.8 Å². The van der Waals surface area contributed by atoms with Crippen LogP contribution in [0.15, 0.2) is 29.3 Å². The smallest absolute Gasteiger partial charge is 0.288 e. The fourth-order valence-electron chi connectivity index (χ4n) is 3.60. The van der Waals surface area contributed by atoms with Gasteiger partial charge in [0.1, 0.15) is 12.1 Å². The molecular weight excluding hydrogens is 452 g/mol. The summed E-state index contributed by atoms with van der Waals surface area (Å²) in [5.74, 6) is 2.03. The van der Waals surface area contributed by atoms with Gasteiger partial charge in [-0.1, -0.05) is 37.2 Å². The molecule has 0 aliphatic carbocycles. The Bertz CT molecular complexity index is 1230. The van der Waals surface area contributed by atoms with Gasteiger partial charge in [-0.05, 0) is 25.0 Å². The van der Waals surface area contributed by atoms with Gasteiger partial charge in [0.05, 0.1) is 29.7 Å². The minimum atomic E-state index is -0.413. The Morgan fingerprint density at radius 3 is 2.75 bits per heavy atom. The lowest BCUT2D eigenvalue weighted by Crippen LogP contribution is -2.38. The molecule has 4 rings (SSSR count). The van der Waals surface area contributed by atoms with E-state index >= 15 is 0 Å². The molecule has 3 aromatic rings. The monoisotopic (exact) mass is 474 g/mol. The lowest BCUT2D eigenvalue weighted by Gasteiger charge is -2.25. The number of pyridine rings is 1. The van der Waals surface area contributed by atoms with Crippen molar-refractivity contribution in [1.29, 1.82) is 0 Å². The van der Waals surface area contributed by atoms with Crippen LogP contribution in [0.3, 0.4) is 0 Å². The van der Waals surface area contributed by atoms with Crippen LogP contribution >= 0.6 is 23.4 Å². The molecule has 0 radical (unpaired) electrons. The van der Waals surface area contributed by atoms with Crippen molar-refractivity contribution in [2.24, 2.45) is 5.92 Å². The maximum Gasteiger partial charge on any atom is 0.288 e. The molecule has 0 spiro atoms. The minimum Gasteiger partial charge on any atom is -0.495 e.